The molecule has 0 saturated heterocycles. The topological polar surface area (TPSA) is 105 Å². The number of aromatic nitrogens is 2. The molecule has 1 atom stereocenters. The van der Waals surface area contributed by atoms with Crippen LogP contribution in [0.25, 0.3) is 28.2 Å². The van der Waals surface area contributed by atoms with Crippen molar-refractivity contribution in [1.82, 2.24) is 20.6 Å². The highest BCUT2D eigenvalue weighted by Crippen LogP contribution is 2.30. The van der Waals surface area contributed by atoms with Gasteiger partial charge in [-0.1, -0.05) is 24.3 Å². The van der Waals surface area contributed by atoms with Gasteiger partial charge in [0.15, 0.2) is 11.5 Å². The predicted molar refractivity (Wildman–Crippen MR) is 144 cm³/mol. The van der Waals surface area contributed by atoms with Gasteiger partial charge in [0.05, 0.1) is 20.3 Å². The van der Waals surface area contributed by atoms with E-state index in [9.17, 15) is 9.59 Å². The van der Waals surface area contributed by atoms with Crippen LogP contribution < -0.4 is 20.1 Å². The number of aromatic amines is 1. The standard InChI is InChI=1S/C29H30N4O4/c1-18(21-8-10-26(36-3)27(14-21)37-4)33-28(35)11-9-23-16-31-29-25(23)13-24(17-32-29)22-7-5-6-20(12-22)15-30-19(2)34/h5-14,16-18H,15H2,1-4H3,(H,30,34)(H,31,32)(H,33,35)/b11-9+/t18-/m1/s1. The molecule has 0 aliphatic carbocycles. The summed E-state index contributed by atoms with van der Waals surface area (Å²) in [7, 11) is 3.17. The number of H-pyrrole nitrogens is 1. The van der Waals surface area contributed by atoms with Crippen LogP contribution in [0.2, 0.25) is 0 Å². The highest BCUT2D eigenvalue weighted by atomic mass is 16.5. The van der Waals surface area contributed by atoms with Gasteiger partial charge in [0.1, 0.15) is 5.65 Å². The van der Waals surface area contributed by atoms with Crippen molar-refractivity contribution in [1.29, 1.82) is 0 Å². The van der Waals surface area contributed by atoms with Crippen molar-refractivity contribution in [2.24, 2.45) is 0 Å². The molecule has 190 valence electrons. The maximum atomic E-state index is 12.7. The fraction of sp³-hybridized carbons (Fsp3) is 0.207. The zero-order valence-electron chi connectivity index (χ0n) is 21.3. The normalized spacial score (nSPS) is 11.9. The lowest BCUT2D eigenvalue weighted by atomic mass is 10.0. The van der Waals surface area contributed by atoms with Crippen LogP contribution in [0, 0.1) is 0 Å². The third-order valence-electron chi connectivity index (χ3n) is 6.05. The summed E-state index contributed by atoms with van der Waals surface area (Å²) in [6.45, 7) is 3.88. The number of amides is 2. The van der Waals surface area contributed by atoms with E-state index in [1.807, 2.05) is 61.7 Å². The Kier molecular flexibility index (Phi) is 7.88. The van der Waals surface area contributed by atoms with Crippen LogP contribution in [0.4, 0.5) is 0 Å². The number of carbonyl (C=O) groups excluding carboxylic acids is 2. The number of fused-ring (bicyclic) bond motifs is 1. The van der Waals surface area contributed by atoms with Crippen LogP contribution in [0.15, 0.2) is 67.0 Å². The fourth-order valence-corrected chi connectivity index (χ4v) is 4.04. The molecule has 8 heteroatoms. The minimum absolute atomic E-state index is 0.0700. The Morgan fingerprint density at radius 1 is 1.05 bits per heavy atom. The van der Waals surface area contributed by atoms with Crippen molar-refractivity contribution in [2.45, 2.75) is 26.4 Å². The van der Waals surface area contributed by atoms with E-state index in [1.54, 1.807) is 26.5 Å². The molecule has 0 aliphatic heterocycles. The number of nitrogens with one attached hydrogen (secondary N) is 3. The summed E-state index contributed by atoms with van der Waals surface area (Å²) in [6.07, 6.45) is 6.92. The molecular formula is C29H30N4O4. The fourth-order valence-electron chi connectivity index (χ4n) is 4.04. The van der Waals surface area contributed by atoms with E-state index in [1.165, 1.54) is 13.0 Å². The Labute approximate surface area is 215 Å². The summed E-state index contributed by atoms with van der Waals surface area (Å²) in [4.78, 5) is 31.6. The largest absolute Gasteiger partial charge is 0.493 e. The molecule has 0 spiro atoms. The highest BCUT2D eigenvalue weighted by Gasteiger charge is 2.12. The van der Waals surface area contributed by atoms with E-state index in [0.29, 0.717) is 18.0 Å². The second-order valence-electron chi connectivity index (χ2n) is 8.65. The number of methoxy groups -OCH3 is 2. The Hall–Kier alpha value is -4.59. The predicted octanol–water partition coefficient (Wildman–Crippen LogP) is 4.77. The van der Waals surface area contributed by atoms with Crippen molar-refractivity contribution < 1.29 is 19.1 Å². The van der Waals surface area contributed by atoms with Crippen LogP contribution >= 0.6 is 0 Å². The van der Waals surface area contributed by atoms with Gasteiger partial charge in [-0.2, -0.15) is 0 Å². The molecule has 8 nitrogen and oxygen atoms in total. The zero-order chi connectivity index (χ0) is 26.4. The monoisotopic (exact) mass is 498 g/mol. The van der Waals surface area contributed by atoms with Crippen LogP contribution in [-0.2, 0) is 16.1 Å². The number of benzene rings is 2. The van der Waals surface area contributed by atoms with Crippen molar-refractivity contribution in [3.05, 3.63) is 83.7 Å². The SMILES string of the molecule is COc1ccc([C@@H](C)NC(=O)/C=C/c2c[nH]c3ncc(-c4cccc(CNC(C)=O)c4)cc23)cc1OC. The first-order valence-corrected chi connectivity index (χ1v) is 11.9. The third kappa shape index (κ3) is 6.16. The molecule has 2 aromatic carbocycles. The van der Waals surface area contributed by atoms with Crippen molar-refractivity contribution in [3.8, 4) is 22.6 Å². The van der Waals surface area contributed by atoms with E-state index in [-0.39, 0.29) is 17.9 Å². The summed E-state index contributed by atoms with van der Waals surface area (Å²) in [5.74, 6) is 0.960. The quantitative estimate of drug-likeness (QED) is 0.288. The van der Waals surface area contributed by atoms with Gasteiger partial charge < -0.3 is 25.1 Å². The average molecular weight is 499 g/mol. The molecule has 0 aliphatic rings. The Morgan fingerprint density at radius 3 is 2.62 bits per heavy atom. The summed E-state index contributed by atoms with van der Waals surface area (Å²) in [5, 5.41) is 6.70. The number of nitrogens with zero attached hydrogens (tertiary/aromatic N) is 1. The first-order valence-electron chi connectivity index (χ1n) is 11.9. The molecule has 4 aromatic rings. The molecule has 0 unspecified atom stereocenters. The Balaban J connectivity index is 1.49. The first kappa shape index (κ1) is 25.5. The van der Waals surface area contributed by atoms with Crippen LogP contribution in [0.3, 0.4) is 0 Å². The van der Waals surface area contributed by atoms with Gasteiger partial charge in [-0.25, -0.2) is 4.98 Å². The van der Waals surface area contributed by atoms with Crippen LogP contribution in [0.1, 0.15) is 36.6 Å². The number of rotatable bonds is 9. The lowest BCUT2D eigenvalue weighted by molar-refractivity contribution is -0.119. The third-order valence-corrected chi connectivity index (χ3v) is 6.05. The molecule has 3 N–H and O–H groups in total. The van der Waals surface area contributed by atoms with Gasteiger partial charge in [0, 0.05) is 48.5 Å². The molecule has 0 bridgehead atoms. The average Bonchev–Trinajstić information content (AvgIpc) is 3.32. The van der Waals surface area contributed by atoms with Crippen molar-refractivity contribution in [3.63, 3.8) is 0 Å². The van der Waals surface area contributed by atoms with Gasteiger partial charge in [0.2, 0.25) is 11.8 Å². The molecule has 2 amide bonds. The summed E-state index contributed by atoms with van der Waals surface area (Å²) >= 11 is 0. The van der Waals surface area contributed by atoms with E-state index in [2.05, 4.69) is 20.6 Å². The molecule has 0 radical (unpaired) electrons. The lowest BCUT2D eigenvalue weighted by Crippen LogP contribution is -2.24. The Bertz CT molecular complexity index is 1460. The van der Waals surface area contributed by atoms with Crippen molar-refractivity contribution >= 4 is 28.9 Å². The summed E-state index contributed by atoms with van der Waals surface area (Å²) in [5.41, 5.74) is 5.43. The molecule has 0 fully saturated rings. The highest BCUT2D eigenvalue weighted by molar-refractivity contribution is 5.96. The number of hydrogen-bond acceptors (Lipinski definition) is 5. The maximum absolute atomic E-state index is 12.7. The first-order chi connectivity index (χ1) is 17.9. The molecule has 37 heavy (non-hydrogen) atoms. The number of hydrogen-bond donors (Lipinski definition) is 3. The maximum Gasteiger partial charge on any atom is 0.244 e. The van der Waals surface area contributed by atoms with E-state index in [0.717, 1.165) is 38.9 Å². The van der Waals surface area contributed by atoms with Gasteiger partial charge in [-0.3, -0.25) is 9.59 Å². The second-order valence-corrected chi connectivity index (χ2v) is 8.65. The van der Waals surface area contributed by atoms with Gasteiger partial charge in [0.25, 0.3) is 0 Å². The number of pyridine rings is 1. The molecule has 0 saturated carbocycles. The van der Waals surface area contributed by atoms with Crippen LogP contribution in [0.5, 0.6) is 11.5 Å². The minimum atomic E-state index is -0.224. The summed E-state index contributed by atoms with van der Waals surface area (Å²) in [6, 6.07) is 15.3. The lowest BCUT2D eigenvalue weighted by Gasteiger charge is -2.15. The second kappa shape index (κ2) is 11.4. The molecule has 2 heterocycles. The van der Waals surface area contributed by atoms with Crippen molar-refractivity contribution in [2.75, 3.05) is 14.2 Å². The summed E-state index contributed by atoms with van der Waals surface area (Å²) < 4.78 is 10.6. The van der Waals surface area contributed by atoms with Gasteiger partial charge in [-0.05, 0) is 54.0 Å². The minimum Gasteiger partial charge on any atom is -0.493 e. The smallest absolute Gasteiger partial charge is 0.244 e. The Morgan fingerprint density at radius 2 is 1.86 bits per heavy atom. The number of carbonyl (C=O) groups is 2. The molecule has 2 aromatic heterocycles. The van der Waals surface area contributed by atoms with Gasteiger partial charge in [-0.15, -0.1) is 0 Å². The van der Waals surface area contributed by atoms with Gasteiger partial charge >= 0.3 is 0 Å². The van der Waals surface area contributed by atoms with E-state index < -0.39 is 0 Å². The van der Waals surface area contributed by atoms with E-state index >= 15 is 0 Å². The molecule has 4 rings (SSSR count). The number of ether oxygens (including phenoxy) is 2. The zero-order valence-corrected chi connectivity index (χ0v) is 21.3. The van der Waals surface area contributed by atoms with E-state index in [4.69, 9.17) is 9.47 Å². The van der Waals surface area contributed by atoms with Crippen LogP contribution in [-0.4, -0.2) is 36.0 Å². The molecular weight excluding hydrogens is 468 g/mol.